The summed E-state index contributed by atoms with van der Waals surface area (Å²) in [4.78, 5) is 28.7. The first-order valence-electron chi connectivity index (χ1n) is 6.72. The zero-order chi connectivity index (χ0) is 17.3. The number of carbonyl (C=O) groups is 2. The molecule has 1 aliphatic heterocycles. The number of anilines is 1. The van der Waals surface area contributed by atoms with Crippen LogP contribution >= 0.6 is 11.6 Å². The maximum Gasteiger partial charge on any atom is 0.284 e. The van der Waals surface area contributed by atoms with E-state index in [4.69, 9.17) is 11.6 Å². The van der Waals surface area contributed by atoms with Crippen molar-refractivity contribution in [2.45, 2.75) is 11.3 Å². The number of hydrogen-bond acceptors (Lipinski definition) is 5. The normalized spacial score (nSPS) is 13.3. The predicted octanol–water partition coefficient (Wildman–Crippen LogP) is 0.853. The van der Waals surface area contributed by atoms with Crippen molar-refractivity contribution in [1.82, 2.24) is 15.2 Å². The minimum Gasteiger partial charge on any atom is -0.325 e. The van der Waals surface area contributed by atoms with Crippen molar-refractivity contribution in [1.29, 1.82) is 0 Å². The minimum absolute atomic E-state index is 0.0510. The molecule has 0 saturated heterocycles. The fourth-order valence-corrected chi connectivity index (χ4v) is 3.58. The van der Waals surface area contributed by atoms with Crippen molar-refractivity contribution in [2.24, 2.45) is 0 Å². The second-order valence-corrected chi connectivity index (χ2v) is 7.00. The van der Waals surface area contributed by atoms with Gasteiger partial charge in [0.15, 0.2) is 0 Å². The predicted molar refractivity (Wildman–Crippen MR) is 85.8 cm³/mol. The van der Waals surface area contributed by atoms with Crippen LogP contribution in [0, 0.1) is 0 Å². The SMILES string of the molecule is O=C1Cc2cc(S(=O)(=O)NNC(=O)c3ccccn3)c(Cl)cc2N1. The molecule has 124 valence electrons. The lowest BCUT2D eigenvalue weighted by atomic mass is 10.2. The number of rotatable bonds is 4. The highest BCUT2D eigenvalue weighted by Gasteiger charge is 2.25. The van der Waals surface area contributed by atoms with Gasteiger partial charge in [0, 0.05) is 11.9 Å². The molecule has 10 heteroatoms. The Morgan fingerprint density at radius 3 is 2.79 bits per heavy atom. The number of nitrogens with zero attached hydrogens (tertiary/aromatic N) is 1. The van der Waals surface area contributed by atoms with E-state index in [9.17, 15) is 18.0 Å². The first kappa shape index (κ1) is 16.4. The monoisotopic (exact) mass is 366 g/mol. The molecule has 0 aliphatic carbocycles. The first-order valence-corrected chi connectivity index (χ1v) is 8.58. The van der Waals surface area contributed by atoms with Crippen LogP contribution in [0.1, 0.15) is 16.1 Å². The standard InChI is InChI=1S/C14H11ClN4O4S/c15-9-7-11-8(6-13(20)17-11)5-12(9)24(22,23)19-18-14(21)10-3-1-2-4-16-10/h1-5,7,19H,6H2,(H,17,20)(H,18,21). The van der Waals surface area contributed by atoms with Gasteiger partial charge in [-0.3, -0.25) is 20.0 Å². The summed E-state index contributed by atoms with van der Waals surface area (Å²) in [6, 6.07) is 7.31. The van der Waals surface area contributed by atoms with Gasteiger partial charge in [0.1, 0.15) is 10.6 Å². The van der Waals surface area contributed by atoms with Gasteiger partial charge in [-0.15, -0.1) is 4.83 Å². The number of halogens is 1. The number of nitrogens with one attached hydrogen (secondary N) is 3. The highest BCUT2D eigenvalue weighted by molar-refractivity contribution is 7.89. The number of hydrogen-bond donors (Lipinski definition) is 3. The Labute approximate surface area is 142 Å². The molecule has 0 fully saturated rings. The lowest BCUT2D eigenvalue weighted by Crippen LogP contribution is -2.41. The fourth-order valence-electron chi connectivity index (χ4n) is 2.16. The zero-order valence-electron chi connectivity index (χ0n) is 12.0. The van der Waals surface area contributed by atoms with Crippen molar-refractivity contribution in [3.05, 3.63) is 52.8 Å². The molecule has 0 spiro atoms. The van der Waals surface area contributed by atoms with Crippen molar-refractivity contribution in [3.63, 3.8) is 0 Å². The molecule has 1 aromatic carbocycles. The smallest absolute Gasteiger partial charge is 0.284 e. The van der Waals surface area contributed by atoms with Gasteiger partial charge >= 0.3 is 0 Å². The van der Waals surface area contributed by atoms with Crippen molar-refractivity contribution >= 4 is 39.1 Å². The molecule has 2 amide bonds. The van der Waals surface area contributed by atoms with Gasteiger partial charge in [-0.05, 0) is 29.8 Å². The first-order chi connectivity index (χ1) is 11.4. The van der Waals surface area contributed by atoms with Crippen LogP contribution < -0.4 is 15.6 Å². The third-order valence-electron chi connectivity index (χ3n) is 3.27. The van der Waals surface area contributed by atoms with Gasteiger partial charge in [-0.1, -0.05) is 17.7 Å². The van der Waals surface area contributed by atoms with E-state index >= 15 is 0 Å². The molecule has 0 unspecified atom stereocenters. The number of amides is 2. The molecule has 8 nitrogen and oxygen atoms in total. The average Bonchev–Trinajstić information content (AvgIpc) is 2.91. The zero-order valence-corrected chi connectivity index (χ0v) is 13.6. The molecule has 3 rings (SSSR count). The van der Waals surface area contributed by atoms with Crippen LogP contribution in [0.15, 0.2) is 41.4 Å². The van der Waals surface area contributed by atoms with Crippen LogP contribution in [0.5, 0.6) is 0 Å². The number of hydrazine groups is 1. The summed E-state index contributed by atoms with van der Waals surface area (Å²) in [6.45, 7) is 0. The molecule has 2 heterocycles. The van der Waals surface area contributed by atoms with E-state index in [-0.39, 0.29) is 27.9 Å². The third-order valence-corrected chi connectivity index (χ3v) is 4.98. The fraction of sp³-hybridized carbons (Fsp3) is 0.0714. The molecule has 1 aromatic heterocycles. The second kappa shape index (κ2) is 6.19. The second-order valence-electron chi connectivity index (χ2n) is 4.94. The van der Waals surface area contributed by atoms with E-state index in [0.717, 1.165) is 0 Å². The molecule has 0 radical (unpaired) electrons. The maximum absolute atomic E-state index is 12.3. The Bertz CT molecular complexity index is 931. The third kappa shape index (κ3) is 3.23. The van der Waals surface area contributed by atoms with Crippen LogP contribution in [-0.4, -0.2) is 25.2 Å². The topological polar surface area (TPSA) is 117 Å². The van der Waals surface area contributed by atoms with E-state index < -0.39 is 15.9 Å². The van der Waals surface area contributed by atoms with Crippen LogP contribution in [-0.2, 0) is 21.2 Å². The van der Waals surface area contributed by atoms with Crippen molar-refractivity contribution in [3.8, 4) is 0 Å². The van der Waals surface area contributed by atoms with Gasteiger partial charge in [0.05, 0.1) is 11.4 Å². The van der Waals surface area contributed by atoms with Gasteiger partial charge in [-0.2, -0.15) is 0 Å². The Kier molecular flexibility index (Phi) is 4.22. The molecular weight excluding hydrogens is 356 g/mol. The Hall–Kier alpha value is -2.49. The van der Waals surface area contributed by atoms with Crippen LogP contribution in [0.4, 0.5) is 5.69 Å². The Balaban J connectivity index is 1.80. The molecule has 24 heavy (non-hydrogen) atoms. The average molecular weight is 367 g/mol. The summed E-state index contributed by atoms with van der Waals surface area (Å²) in [5.74, 6) is -0.958. The number of pyridine rings is 1. The Morgan fingerprint density at radius 2 is 2.08 bits per heavy atom. The van der Waals surface area contributed by atoms with Crippen molar-refractivity contribution in [2.75, 3.05) is 5.32 Å². The Morgan fingerprint density at radius 1 is 1.29 bits per heavy atom. The van der Waals surface area contributed by atoms with Crippen LogP contribution in [0.3, 0.4) is 0 Å². The number of benzene rings is 1. The van der Waals surface area contributed by atoms with Gasteiger partial charge in [0.2, 0.25) is 5.91 Å². The lowest BCUT2D eigenvalue weighted by Gasteiger charge is -2.11. The number of carbonyl (C=O) groups excluding carboxylic acids is 2. The number of sulfonamides is 1. The van der Waals surface area contributed by atoms with E-state index in [2.05, 4.69) is 15.7 Å². The van der Waals surface area contributed by atoms with Crippen LogP contribution in [0.25, 0.3) is 0 Å². The maximum atomic E-state index is 12.3. The highest BCUT2D eigenvalue weighted by Crippen LogP contribution is 2.31. The van der Waals surface area contributed by atoms with E-state index in [1.165, 1.54) is 24.4 Å². The lowest BCUT2D eigenvalue weighted by molar-refractivity contribution is -0.115. The minimum atomic E-state index is -4.11. The number of aromatic nitrogens is 1. The van der Waals surface area contributed by atoms with E-state index in [0.29, 0.717) is 11.3 Å². The molecule has 1 aliphatic rings. The molecule has 0 atom stereocenters. The highest BCUT2D eigenvalue weighted by atomic mass is 35.5. The molecule has 0 saturated carbocycles. The quantitative estimate of drug-likeness (QED) is 0.693. The van der Waals surface area contributed by atoms with E-state index in [1.807, 2.05) is 4.83 Å². The summed E-state index contributed by atoms with van der Waals surface area (Å²) in [6.07, 6.45) is 1.47. The summed E-state index contributed by atoms with van der Waals surface area (Å²) in [5, 5.41) is 2.50. The van der Waals surface area contributed by atoms with Crippen LogP contribution in [0.2, 0.25) is 5.02 Å². The van der Waals surface area contributed by atoms with E-state index in [1.54, 1.807) is 12.1 Å². The largest absolute Gasteiger partial charge is 0.325 e. The summed E-state index contributed by atoms with van der Waals surface area (Å²) >= 11 is 5.98. The summed E-state index contributed by atoms with van der Waals surface area (Å²) < 4.78 is 24.7. The van der Waals surface area contributed by atoms with Gasteiger partial charge in [0.25, 0.3) is 15.9 Å². The number of fused-ring (bicyclic) bond motifs is 1. The van der Waals surface area contributed by atoms with Crippen molar-refractivity contribution < 1.29 is 18.0 Å². The molecule has 2 aromatic rings. The molecule has 3 N–H and O–H groups in total. The van der Waals surface area contributed by atoms with Gasteiger partial charge in [-0.25, -0.2) is 8.42 Å². The van der Waals surface area contributed by atoms with Gasteiger partial charge < -0.3 is 5.32 Å². The molecular formula is C14H11ClN4O4S. The summed E-state index contributed by atoms with van der Waals surface area (Å²) in [5.41, 5.74) is 3.10. The molecule has 0 bridgehead atoms. The summed E-state index contributed by atoms with van der Waals surface area (Å²) in [7, 11) is -4.11.